The number of ether oxygens (including phenoxy) is 1. The summed E-state index contributed by atoms with van der Waals surface area (Å²) in [6, 6.07) is 9.25. The third-order valence-electron chi connectivity index (χ3n) is 3.33. The van der Waals surface area contributed by atoms with Crippen molar-refractivity contribution in [2.45, 2.75) is 26.9 Å². The second kappa shape index (κ2) is 7.09. The highest BCUT2D eigenvalue weighted by molar-refractivity contribution is 5.95. The number of benzene rings is 1. The van der Waals surface area contributed by atoms with E-state index in [-0.39, 0.29) is 5.91 Å². The van der Waals surface area contributed by atoms with Gasteiger partial charge in [0.25, 0.3) is 5.91 Å². The van der Waals surface area contributed by atoms with E-state index in [1.807, 2.05) is 63.2 Å². The molecule has 1 N–H and O–H groups in total. The van der Waals surface area contributed by atoms with Gasteiger partial charge in [0, 0.05) is 14.1 Å². The van der Waals surface area contributed by atoms with E-state index in [0.717, 1.165) is 11.4 Å². The van der Waals surface area contributed by atoms with Crippen LogP contribution < -0.4 is 15.0 Å². The minimum absolute atomic E-state index is 0.235. The minimum atomic E-state index is -0.621. The Morgan fingerprint density at radius 2 is 1.70 bits per heavy atom. The first-order valence-corrected chi connectivity index (χ1v) is 7.43. The van der Waals surface area contributed by atoms with E-state index in [4.69, 9.17) is 4.74 Å². The fourth-order valence-corrected chi connectivity index (χ4v) is 2.06. The molecule has 0 aliphatic carbocycles. The van der Waals surface area contributed by atoms with Crippen molar-refractivity contribution in [2.24, 2.45) is 0 Å². The summed E-state index contributed by atoms with van der Waals surface area (Å²) in [5.74, 6) is 1.04. The van der Waals surface area contributed by atoms with Gasteiger partial charge in [0.1, 0.15) is 5.75 Å². The first-order chi connectivity index (χ1) is 10.9. The minimum Gasteiger partial charge on any atom is -0.481 e. The zero-order chi connectivity index (χ0) is 17.0. The maximum Gasteiger partial charge on any atom is 0.265 e. The Kier molecular flexibility index (Phi) is 5.16. The van der Waals surface area contributed by atoms with Crippen LogP contribution >= 0.6 is 0 Å². The van der Waals surface area contributed by atoms with Crippen LogP contribution in [0, 0.1) is 13.8 Å². The highest BCUT2D eigenvalue weighted by Gasteiger charge is 2.18. The Balaban J connectivity index is 2.11. The molecule has 1 atom stereocenters. The summed E-state index contributed by atoms with van der Waals surface area (Å²) in [5, 5.41) is 2.86. The summed E-state index contributed by atoms with van der Waals surface area (Å²) in [6.07, 6.45) is -0.621. The van der Waals surface area contributed by atoms with Crippen molar-refractivity contribution < 1.29 is 9.53 Å². The monoisotopic (exact) mass is 314 g/mol. The number of carbonyl (C=O) groups excluding carboxylic acids is 1. The Morgan fingerprint density at radius 1 is 1.13 bits per heavy atom. The topological polar surface area (TPSA) is 67.4 Å². The van der Waals surface area contributed by atoms with Crippen LogP contribution in [0.25, 0.3) is 0 Å². The van der Waals surface area contributed by atoms with E-state index in [0.29, 0.717) is 17.4 Å². The van der Waals surface area contributed by atoms with Gasteiger partial charge in [-0.1, -0.05) is 18.2 Å². The van der Waals surface area contributed by atoms with Gasteiger partial charge in [-0.25, -0.2) is 9.97 Å². The Bertz CT molecular complexity index is 663. The van der Waals surface area contributed by atoms with E-state index >= 15 is 0 Å². The molecule has 0 aliphatic rings. The summed E-state index contributed by atoms with van der Waals surface area (Å²) < 4.78 is 5.63. The van der Waals surface area contributed by atoms with Crippen molar-refractivity contribution in [1.82, 2.24) is 9.97 Å². The summed E-state index contributed by atoms with van der Waals surface area (Å²) >= 11 is 0. The molecule has 1 aromatic heterocycles. The van der Waals surface area contributed by atoms with Gasteiger partial charge in [0.15, 0.2) is 6.10 Å². The lowest BCUT2D eigenvalue weighted by Gasteiger charge is -2.18. The van der Waals surface area contributed by atoms with Gasteiger partial charge in [0.2, 0.25) is 5.95 Å². The number of para-hydroxylation sites is 1. The van der Waals surface area contributed by atoms with E-state index < -0.39 is 6.10 Å². The molecule has 6 nitrogen and oxygen atoms in total. The second-order valence-corrected chi connectivity index (χ2v) is 5.53. The third kappa shape index (κ3) is 4.18. The number of nitrogens with zero attached hydrogens (tertiary/aromatic N) is 3. The number of nitrogens with one attached hydrogen (secondary N) is 1. The molecule has 6 heteroatoms. The summed E-state index contributed by atoms with van der Waals surface area (Å²) in [7, 11) is 3.75. The lowest BCUT2D eigenvalue weighted by Crippen LogP contribution is -2.31. The molecule has 1 heterocycles. The number of amides is 1. The van der Waals surface area contributed by atoms with Crippen LogP contribution in [0.2, 0.25) is 0 Å². The molecule has 2 aromatic rings. The first-order valence-electron chi connectivity index (χ1n) is 7.43. The Labute approximate surface area is 136 Å². The fourth-order valence-electron chi connectivity index (χ4n) is 2.06. The van der Waals surface area contributed by atoms with E-state index in [1.54, 1.807) is 6.92 Å². The van der Waals surface area contributed by atoms with Crippen molar-refractivity contribution in [1.29, 1.82) is 0 Å². The number of rotatable bonds is 5. The number of anilines is 2. The summed E-state index contributed by atoms with van der Waals surface area (Å²) in [5.41, 5.74) is 2.08. The average Bonchev–Trinajstić information content (AvgIpc) is 2.51. The molecule has 0 saturated heterocycles. The van der Waals surface area contributed by atoms with Crippen molar-refractivity contribution in [3.05, 3.63) is 41.7 Å². The second-order valence-electron chi connectivity index (χ2n) is 5.53. The van der Waals surface area contributed by atoms with Crippen LogP contribution in [0.3, 0.4) is 0 Å². The molecule has 1 aromatic carbocycles. The molecule has 122 valence electrons. The average molecular weight is 314 g/mol. The number of aromatic nitrogens is 2. The van der Waals surface area contributed by atoms with Crippen LogP contribution in [0.4, 0.5) is 11.6 Å². The van der Waals surface area contributed by atoms with E-state index in [9.17, 15) is 4.79 Å². The first kappa shape index (κ1) is 16.7. The van der Waals surface area contributed by atoms with Crippen molar-refractivity contribution in [3.8, 4) is 5.75 Å². The van der Waals surface area contributed by atoms with Gasteiger partial charge in [-0.15, -0.1) is 0 Å². The van der Waals surface area contributed by atoms with Crippen LogP contribution in [0.15, 0.2) is 30.3 Å². The Morgan fingerprint density at radius 3 is 2.22 bits per heavy atom. The maximum atomic E-state index is 12.3. The lowest BCUT2D eigenvalue weighted by atomic mass is 10.2. The molecule has 0 aliphatic heterocycles. The maximum absolute atomic E-state index is 12.3. The fraction of sp³-hybridized carbons (Fsp3) is 0.353. The SMILES string of the molecule is Cc1nc(N(C)C)nc(C)c1NC(=O)[C@@H](C)Oc1ccccc1. The zero-order valence-electron chi connectivity index (χ0n) is 14.1. The number of carbonyl (C=O) groups is 1. The van der Waals surface area contributed by atoms with Gasteiger partial charge in [-0.2, -0.15) is 0 Å². The predicted octanol–water partition coefficient (Wildman–Crippen LogP) is 2.57. The number of hydrogen-bond acceptors (Lipinski definition) is 5. The van der Waals surface area contributed by atoms with Crippen LogP contribution in [0.5, 0.6) is 5.75 Å². The molecule has 2 rings (SSSR count). The van der Waals surface area contributed by atoms with E-state index in [1.165, 1.54) is 0 Å². The van der Waals surface area contributed by atoms with Crippen molar-refractivity contribution >= 4 is 17.5 Å². The van der Waals surface area contributed by atoms with Crippen LogP contribution in [0.1, 0.15) is 18.3 Å². The third-order valence-corrected chi connectivity index (χ3v) is 3.33. The van der Waals surface area contributed by atoms with Gasteiger partial charge < -0.3 is 15.0 Å². The number of aryl methyl sites for hydroxylation is 2. The van der Waals surface area contributed by atoms with E-state index in [2.05, 4.69) is 15.3 Å². The lowest BCUT2D eigenvalue weighted by molar-refractivity contribution is -0.122. The molecule has 0 fully saturated rings. The van der Waals surface area contributed by atoms with Gasteiger partial charge in [0.05, 0.1) is 17.1 Å². The summed E-state index contributed by atoms with van der Waals surface area (Å²) in [6.45, 7) is 5.40. The molecule has 0 bridgehead atoms. The molecule has 1 amide bonds. The normalized spacial score (nSPS) is 11.7. The smallest absolute Gasteiger partial charge is 0.265 e. The van der Waals surface area contributed by atoms with Gasteiger partial charge in [-0.3, -0.25) is 4.79 Å². The predicted molar refractivity (Wildman–Crippen MR) is 91.0 cm³/mol. The molecule has 0 spiro atoms. The standard InChI is InChI=1S/C17H22N4O2/c1-11-15(12(2)19-17(18-11)21(4)5)20-16(22)13(3)23-14-9-7-6-8-10-14/h6-10,13H,1-5H3,(H,20,22)/t13-/m1/s1. The van der Waals surface area contributed by atoms with Gasteiger partial charge >= 0.3 is 0 Å². The molecule has 0 saturated carbocycles. The zero-order valence-corrected chi connectivity index (χ0v) is 14.1. The molecular formula is C17H22N4O2. The highest BCUT2D eigenvalue weighted by atomic mass is 16.5. The molecular weight excluding hydrogens is 292 g/mol. The van der Waals surface area contributed by atoms with Crippen LogP contribution in [-0.2, 0) is 4.79 Å². The highest BCUT2D eigenvalue weighted by Crippen LogP contribution is 2.20. The Hall–Kier alpha value is -2.63. The van der Waals surface area contributed by atoms with Crippen molar-refractivity contribution in [2.75, 3.05) is 24.3 Å². The summed E-state index contributed by atoms with van der Waals surface area (Å²) in [4.78, 5) is 22.9. The van der Waals surface area contributed by atoms with Crippen LogP contribution in [-0.4, -0.2) is 36.1 Å². The van der Waals surface area contributed by atoms with Crippen molar-refractivity contribution in [3.63, 3.8) is 0 Å². The quantitative estimate of drug-likeness (QED) is 0.918. The van der Waals surface area contributed by atoms with Gasteiger partial charge in [-0.05, 0) is 32.9 Å². The molecule has 0 radical (unpaired) electrons. The largest absolute Gasteiger partial charge is 0.481 e. The molecule has 23 heavy (non-hydrogen) atoms. The number of hydrogen-bond donors (Lipinski definition) is 1. The molecule has 0 unspecified atom stereocenters.